The van der Waals surface area contributed by atoms with Gasteiger partial charge in [-0.2, -0.15) is 0 Å². The van der Waals surface area contributed by atoms with E-state index in [0.29, 0.717) is 11.5 Å². The highest BCUT2D eigenvalue weighted by Gasteiger charge is 2.15. The maximum Gasteiger partial charge on any atom is 0.269 e. The summed E-state index contributed by atoms with van der Waals surface area (Å²) in [6.07, 6.45) is 1.72. The van der Waals surface area contributed by atoms with Crippen LogP contribution in [0.15, 0.2) is 47.1 Å². The van der Waals surface area contributed by atoms with Crippen LogP contribution in [0.5, 0.6) is 0 Å². The summed E-state index contributed by atoms with van der Waals surface area (Å²) in [7, 11) is 3.81. The molecule has 0 unspecified atom stereocenters. The summed E-state index contributed by atoms with van der Waals surface area (Å²) in [6.45, 7) is 6.34. The van der Waals surface area contributed by atoms with Crippen LogP contribution in [0.4, 0.5) is 5.69 Å². The van der Waals surface area contributed by atoms with Crippen molar-refractivity contribution in [2.75, 3.05) is 19.0 Å². The molecule has 0 bridgehead atoms. The molecule has 3 aromatic rings. The number of nitrogens with one attached hydrogen (secondary N) is 2. The highest BCUT2D eigenvalue weighted by Crippen LogP contribution is 2.29. The first-order chi connectivity index (χ1) is 13.8. The minimum atomic E-state index is -0.364. The molecule has 2 aromatic carbocycles. The Kier molecular flexibility index (Phi) is 5.92. The second kappa shape index (κ2) is 8.39. The van der Waals surface area contributed by atoms with Crippen LogP contribution in [-0.4, -0.2) is 25.9 Å². The first-order valence-corrected chi connectivity index (χ1v) is 9.63. The summed E-state index contributed by atoms with van der Waals surface area (Å²) in [5.41, 5.74) is 10.3. The first-order valence-electron chi connectivity index (χ1n) is 9.63. The number of nitrogens with zero attached hydrogens (tertiary/aromatic N) is 1. The Labute approximate surface area is 170 Å². The number of hydrazine groups is 1. The minimum absolute atomic E-state index is 0.117. The van der Waals surface area contributed by atoms with Crippen LogP contribution in [0, 0.1) is 6.92 Å². The zero-order chi connectivity index (χ0) is 21.1. The zero-order valence-electron chi connectivity index (χ0n) is 17.5. The molecule has 0 saturated carbocycles. The Hall–Kier alpha value is -3.28. The fourth-order valence-corrected chi connectivity index (χ4v) is 3.34. The van der Waals surface area contributed by atoms with Crippen molar-refractivity contribution in [3.8, 4) is 0 Å². The van der Waals surface area contributed by atoms with Crippen molar-refractivity contribution in [2.24, 2.45) is 0 Å². The van der Waals surface area contributed by atoms with Crippen LogP contribution in [-0.2, 0) is 11.2 Å². The molecule has 2 amide bonds. The maximum absolute atomic E-state index is 12.4. The van der Waals surface area contributed by atoms with Crippen LogP contribution in [0.3, 0.4) is 0 Å². The lowest BCUT2D eigenvalue weighted by Crippen LogP contribution is -2.42. The Morgan fingerprint density at radius 1 is 1.10 bits per heavy atom. The highest BCUT2D eigenvalue weighted by atomic mass is 16.3. The molecule has 6 heteroatoms. The summed E-state index contributed by atoms with van der Waals surface area (Å²) >= 11 is 0. The predicted molar refractivity (Wildman–Crippen MR) is 115 cm³/mol. The quantitative estimate of drug-likeness (QED) is 0.644. The summed E-state index contributed by atoms with van der Waals surface area (Å²) < 4.78 is 5.62. The van der Waals surface area contributed by atoms with Gasteiger partial charge in [-0.25, -0.2) is 0 Å². The normalized spacial score (nSPS) is 11.0. The highest BCUT2D eigenvalue weighted by molar-refractivity contribution is 5.96. The Morgan fingerprint density at radius 2 is 1.86 bits per heavy atom. The minimum Gasteiger partial charge on any atom is -0.464 e. The molecule has 0 aliphatic carbocycles. The third-order valence-electron chi connectivity index (χ3n) is 4.96. The monoisotopic (exact) mass is 393 g/mol. The van der Waals surface area contributed by atoms with Crippen molar-refractivity contribution in [1.82, 2.24) is 10.9 Å². The number of hydrogen-bond donors (Lipinski definition) is 2. The molecule has 6 nitrogen and oxygen atoms in total. The first kappa shape index (κ1) is 20.5. The van der Waals surface area contributed by atoms with Gasteiger partial charge in [0.25, 0.3) is 5.91 Å². The third-order valence-corrected chi connectivity index (χ3v) is 4.96. The van der Waals surface area contributed by atoms with E-state index in [9.17, 15) is 9.59 Å². The number of carbonyl (C=O) groups is 2. The van der Waals surface area contributed by atoms with Crippen molar-refractivity contribution < 1.29 is 14.0 Å². The van der Waals surface area contributed by atoms with Gasteiger partial charge in [0.1, 0.15) is 5.58 Å². The Morgan fingerprint density at radius 3 is 2.55 bits per heavy atom. The average molecular weight is 393 g/mol. The number of anilines is 1. The number of hydrogen-bond acceptors (Lipinski definition) is 4. The molecule has 0 saturated heterocycles. The summed E-state index contributed by atoms with van der Waals surface area (Å²) in [6, 6.07) is 11.3. The topological polar surface area (TPSA) is 74.6 Å². The van der Waals surface area contributed by atoms with Gasteiger partial charge in [0.2, 0.25) is 5.91 Å². The molecule has 29 heavy (non-hydrogen) atoms. The van der Waals surface area contributed by atoms with Gasteiger partial charge in [-0.1, -0.05) is 19.9 Å². The van der Waals surface area contributed by atoms with Gasteiger partial charge in [-0.15, -0.1) is 0 Å². The molecular formula is C23H27N3O3. The van der Waals surface area contributed by atoms with Gasteiger partial charge >= 0.3 is 0 Å². The average Bonchev–Trinajstić information content (AvgIpc) is 3.06. The molecule has 0 aliphatic heterocycles. The van der Waals surface area contributed by atoms with Gasteiger partial charge in [-0.3, -0.25) is 20.4 Å². The van der Waals surface area contributed by atoms with Crippen molar-refractivity contribution in [3.05, 3.63) is 64.9 Å². The number of fused-ring (bicyclic) bond motifs is 1. The van der Waals surface area contributed by atoms with Crippen LogP contribution in [0.25, 0.3) is 11.0 Å². The number of rotatable bonds is 5. The van der Waals surface area contributed by atoms with E-state index in [0.717, 1.165) is 22.2 Å². The van der Waals surface area contributed by atoms with Gasteiger partial charge < -0.3 is 9.32 Å². The second-order valence-corrected chi connectivity index (χ2v) is 7.74. The SMILES string of the molecule is Cc1cc2occ(CC(=O)NNC(=O)c3cccc(N(C)C)c3)c2cc1C(C)C. The van der Waals surface area contributed by atoms with E-state index in [1.165, 1.54) is 11.1 Å². The van der Waals surface area contributed by atoms with E-state index in [2.05, 4.69) is 37.7 Å². The predicted octanol–water partition coefficient (Wildman–Crippen LogP) is 3.93. The zero-order valence-corrected chi connectivity index (χ0v) is 17.5. The van der Waals surface area contributed by atoms with Gasteiger partial charge in [0.05, 0.1) is 12.7 Å². The molecule has 0 fully saturated rings. The van der Waals surface area contributed by atoms with Crippen LogP contribution >= 0.6 is 0 Å². The van der Waals surface area contributed by atoms with E-state index >= 15 is 0 Å². The Balaban J connectivity index is 1.67. The summed E-state index contributed by atoms with van der Waals surface area (Å²) in [5.74, 6) is -0.290. The number of amides is 2. The van der Waals surface area contributed by atoms with Crippen LogP contribution in [0.1, 0.15) is 46.8 Å². The Bertz CT molecular complexity index is 1050. The summed E-state index contributed by atoms with van der Waals surface area (Å²) in [4.78, 5) is 26.6. The number of carbonyl (C=O) groups excluding carboxylic acids is 2. The van der Waals surface area contributed by atoms with Crippen molar-refractivity contribution in [3.63, 3.8) is 0 Å². The molecule has 0 radical (unpaired) electrons. The number of aryl methyl sites for hydroxylation is 1. The van der Waals surface area contributed by atoms with Crippen molar-refractivity contribution >= 4 is 28.5 Å². The molecule has 152 valence electrons. The molecular weight excluding hydrogens is 366 g/mol. The molecule has 1 heterocycles. The summed E-state index contributed by atoms with van der Waals surface area (Å²) in [5, 5.41) is 0.930. The smallest absolute Gasteiger partial charge is 0.269 e. The van der Waals surface area contributed by atoms with E-state index in [-0.39, 0.29) is 18.2 Å². The molecule has 2 N–H and O–H groups in total. The van der Waals surface area contributed by atoms with Gasteiger partial charge in [-0.05, 0) is 54.3 Å². The second-order valence-electron chi connectivity index (χ2n) is 7.74. The van der Waals surface area contributed by atoms with Crippen molar-refractivity contribution in [1.29, 1.82) is 0 Å². The lowest BCUT2D eigenvalue weighted by Gasteiger charge is -2.13. The van der Waals surface area contributed by atoms with Crippen LogP contribution < -0.4 is 15.8 Å². The fourth-order valence-electron chi connectivity index (χ4n) is 3.34. The molecule has 0 atom stereocenters. The van der Waals surface area contributed by atoms with E-state index in [1.54, 1.807) is 24.5 Å². The number of furan rings is 1. The largest absolute Gasteiger partial charge is 0.464 e. The lowest BCUT2D eigenvalue weighted by molar-refractivity contribution is -0.121. The van der Waals surface area contributed by atoms with E-state index in [4.69, 9.17) is 4.42 Å². The van der Waals surface area contributed by atoms with Gasteiger partial charge in [0, 0.05) is 36.3 Å². The third kappa shape index (κ3) is 4.59. The molecule has 3 rings (SSSR count). The molecule has 0 spiro atoms. The van der Waals surface area contributed by atoms with E-state index < -0.39 is 0 Å². The van der Waals surface area contributed by atoms with Crippen LogP contribution in [0.2, 0.25) is 0 Å². The standard InChI is InChI=1S/C23H27N3O3/c1-14(2)19-12-20-17(13-29-21(20)9-15(19)3)11-22(27)24-25-23(28)16-7-6-8-18(10-16)26(4)5/h6-10,12-14H,11H2,1-5H3,(H,24,27)(H,25,28). The molecule has 1 aromatic heterocycles. The lowest BCUT2D eigenvalue weighted by atomic mass is 9.95. The number of benzene rings is 2. The maximum atomic E-state index is 12.4. The molecule has 0 aliphatic rings. The fraction of sp³-hybridized carbons (Fsp3) is 0.304. The van der Waals surface area contributed by atoms with Crippen molar-refractivity contribution in [2.45, 2.75) is 33.1 Å². The van der Waals surface area contributed by atoms with E-state index in [1.807, 2.05) is 31.1 Å². The van der Waals surface area contributed by atoms with Gasteiger partial charge in [0.15, 0.2) is 0 Å².